The Labute approximate surface area is 119 Å². The summed E-state index contributed by atoms with van der Waals surface area (Å²) in [5, 5.41) is 1.52. The van der Waals surface area contributed by atoms with Gasteiger partial charge in [-0.25, -0.2) is 13.1 Å². The lowest BCUT2D eigenvalue weighted by molar-refractivity contribution is 0.415. The van der Waals surface area contributed by atoms with Gasteiger partial charge in [-0.15, -0.1) is 0 Å². The third kappa shape index (κ3) is 3.11. The van der Waals surface area contributed by atoms with Gasteiger partial charge in [-0.1, -0.05) is 18.2 Å². The number of methoxy groups -OCH3 is 1. The Balaban J connectivity index is 2.65. The predicted molar refractivity (Wildman–Crippen MR) is 80.6 cm³/mol. The van der Waals surface area contributed by atoms with Gasteiger partial charge in [0.2, 0.25) is 10.0 Å². The van der Waals surface area contributed by atoms with Crippen molar-refractivity contribution >= 4 is 20.8 Å². The fraction of sp³-hybridized carbons (Fsp3) is 0.333. The monoisotopic (exact) mass is 293 g/mol. The number of benzene rings is 2. The van der Waals surface area contributed by atoms with Crippen molar-refractivity contribution in [3.63, 3.8) is 0 Å². The Morgan fingerprint density at radius 3 is 2.40 bits per heavy atom. The highest BCUT2D eigenvalue weighted by molar-refractivity contribution is 7.89. The molecule has 0 fully saturated rings. The molecule has 0 atom stereocenters. The van der Waals surface area contributed by atoms with Gasteiger partial charge in [0.05, 0.1) is 12.0 Å². The molecule has 20 heavy (non-hydrogen) atoms. The molecule has 0 aliphatic carbocycles. The molecule has 0 saturated carbocycles. The molecule has 0 saturated heterocycles. The van der Waals surface area contributed by atoms with Crippen LogP contribution in [0.4, 0.5) is 0 Å². The zero-order valence-electron chi connectivity index (χ0n) is 12.1. The number of rotatable bonds is 3. The highest BCUT2D eigenvalue weighted by Gasteiger charge is 2.23. The van der Waals surface area contributed by atoms with E-state index < -0.39 is 15.6 Å². The van der Waals surface area contributed by atoms with Gasteiger partial charge in [-0.05, 0) is 44.4 Å². The molecule has 108 valence electrons. The molecule has 2 aromatic carbocycles. The molecule has 4 nitrogen and oxygen atoms in total. The lowest BCUT2D eigenvalue weighted by Crippen LogP contribution is -2.40. The van der Waals surface area contributed by atoms with Gasteiger partial charge in [0.25, 0.3) is 0 Å². The lowest BCUT2D eigenvalue weighted by Gasteiger charge is -2.21. The van der Waals surface area contributed by atoms with Crippen molar-refractivity contribution in [2.45, 2.75) is 31.2 Å². The van der Waals surface area contributed by atoms with Crippen molar-refractivity contribution < 1.29 is 13.2 Å². The van der Waals surface area contributed by atoms with Gasteiger partial charge >= 0.3 is 0 Å². The second-order valence-corrected chi connectivity index (χ2v) is 7.35. The third-order valence-electron chi connectivity index (χ3n) is 2.78. The van der Waals surface area contributed by atoms with Crippen LogP contribution in [0.3, 0.4) is 0 Å². The molecule has 0 bridgehead atoms. The van der Waals surface area contributed by atoms with E-state index in [0.29, 0.717) is 11.1 Å². The average Bonchev–Trinajstić information content (AvgIpc) is 2.34. The fourth-order valence-electron chi connectivity index (χ4n) is 2.04. The minimum atomic E-state index is -3.58. The van der Waals surface area contributed by atoms with Crippen LogP contribution in [0.2, 0.25) is 0 Å². The van der Waals surface area contributed by atoms with E-state index in [2.05, 4.69) is 4.72 Å². The summed E-state index contributed by atoms with van der Waals surface area (Å²) in [6.07, 6.45) is 0. The van der Waals surface area contributed by atoms with Gasteiger partial charge in [0.1, 0.15) is 5.75 Å². The van der Waals surface area contributed by atoms with E-state index in [1.807, 2.05) is 39.0 Å². The van der Waals surface area contributed by atoms with Crippen LogP contribution in [0, 0.1) is 0 Å². The zero-order chi connectivity index (χ0) is 15.0. The molecule has 0 amide bonds. The smallest absolute Gasteiger partial charge is 0.241 e. The number of hydrogen-bond acceptors (Lipinski definition) is 3. The molecule has 0 radical (unpaired) electrons. The van der Waals surface area contributed by atoms with Crippen LogP contribution in [0.15, 0.2) is 41.3 Å². The lowest BCUT2D eigenvalue weighted by atomic mass is 10.1. The molecule has 0 aromatic heterocycles. The molecule has 0 unspecified atom stereocenters. The molecular weight excluding hydrogens is 274 g/mol. The van der Waals surface area contributed by atoms with Crippen molar-refractivity contribution in [3.8, 4) is 5.75 Å². The summed E-state index contributed by atoms with van der Waals surface area (Å²) in [5.41, 5.74) is -0.528. The predicted octanol–water partition coefficient (Wildman–Crippen LogP) is 2.93. The van der Waals surface area contributed by atoms with Crippen LogP contribution in [-0.2, 0) is 10.0 Å². The summed E-state index contributed by atoms with van der Waals surface area (Å²) in [7, 11) is -2.01. The van der Waals surface area contributed by atoms with E-state index in [4.69, 9.17) is 4.74 Å². The Kier molecular flexibility index (Phi) is 3.75. The normalized spacial score (nSPS) is 12.6. The van der Waals surface area contributed by atoms with E-state index >= 15 is 0 Å². The van der Waals surface area contributed by atoms with E-state index in [1.54, 1.807) is 25.3 Å². The zero-order valence-corrected chi connectivity index (χ0v) is 12.9. The van der Waals surface area contributed by atoms with E-state index in [1.165, 1.54) is 0 Å². The Morgan fingerprint density at radius 1 is 1.10 bits per heavy atom. The van der Waals surface area contributed by atoms with Crippen molar-refractivity contribution in [3.05, 3.63) is 36.4 Å². The summed E-state index contributed by atoms with van der Waals surface area (Å²) >= 11 is 0. The van der Waals surface area contributed by atoms with E-state index in [0.717, 1.165) is 5.39 Å². The number of sulfonamides is 1. The first kappa shape index (κ1) is 14.8. The van der Waals surface area contributed by atoms with Crippen molar-refractivity contribution in [2.75, 3.05) is 7.11 Å². The van der Waals surface area contributed by atoms with E-state index in [-0.39, 0.29) is 4.90 Å². The topological polar surface area (TPSA) is 55.4 Å². The molecule has 2 aromatic rings. The van der Waals surface area contributed by atoms with Crippen LogP contribution in [-0.4, -0.2) is 21.1 Å². The van der Waals surface area contributed by atoms with Gasteiger partial charge in [-0.3, -0.25) is 0 Å². The van der Waals surface area contributed by atoms with Gasteiger partial charge in [0, 0.05) is 10.9 Å². The van der Waals surface area contributed by atoms with Gasteiger partial charge in [-0.2, -0.15) is 0 Å². The molecular formula is C15H19NO3S. The molecule has 0 spiro atoms. The fourth-order valence-corrected chi connectivity index (χ4v) is 3.68. The second kappa shape index (κ2) is 5.07. The maximum absolute atomic E-state index is 12.5. The standard InChI is InChI=1S/C15H19NO3S/c1-15(2,3)16-20(17,18)14-7-5-6-11-8-9-12(19-4)10-13(11)14/h5-10,16H,1-4H3. The second-order valence-electron chi connectivity index (χ2n) is 5.70. The van der Waals surface area contributed by atoms with Crippen LogP contribution in [0.1, 0.15) is 20.8 Å². The average molecular weight is 293 g/mol. The first-order valence-corrected chi connectivity index (χ1v) is 7.82. The molecule has 0 aliphatic heterocycles. The van der Waals surface area contributed by atoms with Crippen molar-refractivity contribution in [1.29, 1.82) is 0 Å². The minimum Gasteiger partial charge on any atom is -0.497 e. The maximum atomic E-state index is 12.5. The maximum Gasteiger partial charge on any atom is 0.241 e. The highest BCUT2D eigenvalue weighted by Crippen LogP contribution is 2.27. The summed E-state index contributed by atoms with van der Waals surface area (Å²) in [5.74, 6) is 0.635. The molecule has 0 heterocycles. The largest absolute Gasteiger partial charge is 0.497 e. The SMILES string of the molecule is COc1ccc2cccc(S(=O)(=O)NC(C)(C)C)c2c1. The Morgan fingerprint density at radius 2 is 1.80 bits per heavy atom. The third-order valence-corrected chi connectivity index (χ3v) is 4.60. The summed E-state index contributed by atoms with van der Waals surface area (Å²) < 4.78 is 32.9. The van der Waals surface area contributed by atoms with Crippen molar-refractivity contribution in [1.82, 2.24) is 4.72 Å². The van der Waals surface area contributed by atoms with Crippen LogP contribution in [0.5, 0.6) is 5.75 Å². The molecule has 2 rings (SSSR count). The first-order valence-electron chi connectivity index (χ1n) is 6.34. The molecule has 5 heteroatoms. The number of ether oxygens (including phenoxy) is 1. The Bertz CT molecular complexity index is 730. The number of hydrogen-bond donors (Lipinski definition) is 1. The molecule has 0 aliphatic rings. The van der Waals surface area contributed by atoms with Crippen LogP contribution >= 0.6 is 0 Å². The number of nitrogens with one attached hydrogen (secondary N) is 1. The van der Waals surface area contributed by atoms with Gasteiger partial charge in [0.15, 0.2) is 0 Å². The quantitative estimate of drug-likeness (QED) is 0.946. The minimum absolute atomic E-state index is 0.267. The van der Waals surface area contributed by atoms with E-state index in [9.17, 15) is 8.42 Å². The summed E-state index contributed by atoms with van der Waals surface area (Å²) in [4.78, 5) is 0.267. The van der Waals surface area contributed by atoms with Crippen LogP contribution in [0.25, 0.3) is 10.8 Å². The summed E-state index contributed by atoms with van der Waals surface area (Å²) in [6, 6.07) is 10.6. The summed E-state index contributed by atoms with van der Waals surface area (Å²) in [6.45, 7) is 5.45. The Hall–Kier alpha value is -1.59. The molecule has 1 N–H and O–H groups in total. The van der Waals surface area contributed by atoms with Crippen LogP contribution < -0.4 is 9.46 Å². The highest BCUT2D eigenvalue weighted by atomic mass is 32.2. The number of fused-ring (bicyclic) bond motifs is 1. The first-order chi connectivity index (χ1) is 9.23. The van der Waals surface area contributed by atoms with Crippen molar-refractivity contribution in [2.24, 2.45) is 0 Å². The van der Waals surface area contributed by atoms with Gasteiger partial charge < -0.3 is 4.74 Å².